The van der Waals surface area contributed by atoms with Gasteiger partial charge in [-0.15, -0.1) is 0 Å². The number of pyridine rings is 1. The van der Waals surface area contributed by atoms with Crippen molar-refractivity contribution in [2.24, 2.45) is 17.5 Å². The number of aromatic amines is 1. The molecule has 0 amide bonds. The van der Waals surface area contributed by atoms with E-state index in [1.165, 1.54) is 18.3 Å². The fourth-order valence-electron chi connectivity index (χ4n) is 3.88. The van der Waals surface area contributed by atoms with Gasteiger partial charge >= 0.3 is 0 Å². The van der Waals surface area contributed by atoms with Crippen LogP contribution in [0.5, 0.6) is 11.5 Å². The van der Waals surface area contributed by atoms with Gasteiger partial charge in [-0.25, -0.2) is 13.8 Å². The summed E-state index contributed by atoms with van der Waals surface area (Å²) in [5, 5.41) is 14.2. The van der Waals surface area contributed by atoms with Crippen LogP contribution in [0.2, 0.25) is 0 Å². The zero-order valence-electron chi connectivity index (χ0n) is 18.7. The number of aliphatic imine (C=N–C) groups is 1. The fraction of sp³-hybridized carbons (Fsp3) is 0.292. The molecule has 4 heterocycles. The van der Waals surface area contributed by atoms with Crippen molar-refractivity contribution in [2.45, 2.75) is 13.3 Å². The Morgan fingerprint density at radius 1 is 1.24 bits per heavy atom. The number of ether oxygens (including phenoxy) is 2. The maximum atomic E-state index is 15.0. The van der Waals surface area contributed by atoms with Crippen LogP contribution in [0, 0.1) is 17.0 Å². The number of rotatable bonds is 6. The van der Waals surface area contributed by atoms with Crippen molar-refractivity contribution in [3.05, 3.63) is 60.1 Å². The molecule has 0 saturated carbocycles. The summed E-state index contributed by atoms with van der Waals surface area (Å²) in [6, 6.07) is 5.81. The zero-order chi connectivity index (χ0) is 23.9. The molecule has 1 aliphatic heterocycles. The van der Waals surface area contributed by atoms with E-state index in [9.17, 15) is 13.9 Å². The molecule has 3 aromatic heterocycles. The first-order chi connectivity index (χ1) is 16.4. The van der Waals surface area contributed by atoms with Crippen LogP contribution >= 0.6 is 0 Å². The number of halogens is 2. The minimum Gasteiger partial charge on any atom is -0.480 e. The number of nitrogens with one attached hydrogen (secondary N) is 1. The summed E-state index contributed by atoms with van der Waals surface area (Å²) in [5.74, 6) is -1.55. The number of hydrogen-bond donors (Lipinski definition) is 2. The zero-order valence-corrected chi connectivity index (χ0v) is 18.7. The van der Waals surface area contributed by atoms with Gasteiger partial charge in [-0.05, 0) is 29.8 Å². The van der Waals surface area contributed by atoms with E-state index in [2.05, 4.69) is 20.1 Å². The van der Waals surface area contributed by atoms with Crippen LogP contribution in [0.25, 0.3) is 22.3 Å². The summed E-state index contributed by atoms with van der Waals surface area (Å²) < 4.78 is 43.0. The Balaban J connectivity index is 1.44. The van der Waals surface area contributed by atoms with Crippen molar-refractivity contribution in [3.63, 3.8) is 0 Å². The molecule has 2 N–H and O–H groups in total. The van der Waals surface area contributed by atoms with Gasteiger partial charge in [-0.2, -0.15) is 5.10 Å². The van der Waals surface area contributed by atoms with Crippen LogP contribution in [0.1, 0.15) is 12.5 Å². The number of fused-ring (bicyclic) bond motifs is 1. The third-order valence-electron chi connectivity index (χ3n) is 5.86. The van der Waals surface area contributed by atoms with Crippen LogP contribution in [0.15, 0.2) is 47.8 Å². The van der Waals surface area contributed by atoms with Crippen molar-refractivity contribution >= 4 is 16.9 Å². The maximum absolute atomic E-state index is 15.0. The van der Waals surface area contributed by atoms with Crippen molar-refractivity contribution in [3.8, 4) is 22.8 Å². The number of aliphatic hydroxyl groups excluding tert-OH is 1. The second-order valence-corrected chi connectivity index (χ2v) is 8.71. The number of benzene rings is 1. The monoisotopic (exact) mass is 467 g/mol. The normalized spacial score (nSPS) is 18.1. The number of hydrogen-bond acceptors (Lipinski definition) is 6. The molecule has 1 atom stereocenters. The van der Waals surface area contributed by atoms with Gasteiger partial charge in [0.15, 0.2) is 23.3 Å². The number of aromatic nitrogens is 4. The average Bonchev–Trinajstić information content (AvgIpc) is 3.44. The van der Waals surface area contributed by atoms with Crippen LogP contribution in [0.4, 0.5) is 8.78 Å². The lowest BCUT2D eigenvalue weighted by molar-refractivity contribution is 0.0691. The van der Waals surface area contributed by atoms with Gasteiger partial charge in [-0.1, -0.05) is 6.92 Å². The summed E-state index contributed by atoms with van der Waals surface area (Å²) in [6.45, 7) is 2.49. The van der Waals surface area contributed by atoms with E-state index in [0.29, 0.717) is 35.6 Å². The predicted octanol–water partition coefficient (Wildman–Crippen LogP) is 4.00. The molecule has 5 rings (SSSR count). The predicted molar refractivity (Wildman–Crippen MR) is 122 cm³/mol. The van der Waals surface area contributed by atoms with Gasteiger partial charge in [-0.3, -0.25) is 9.67 Å². The van der Waals surface area contributed by atoms with Crippen molar-refractivity contribution in [2.75, 3.05) is 19.8 Å². The van der Waals surface area contributed by atoms with Crippen LogP contribution < -0.4 is 4.74 Å². The van der Waals surface area contributed by atoms with Gasteiger partial charge < -0.3 is 19.6 Å². The van der Waals surface area contributed by atoms with Crippen molar-refractivity contribution in [1.82, 2.24) is 19.7 Å². The van der Waals surface area contributed by atoms with Crippen LogP contribution in [0.3, 0.4) is 0 Å². The number of aryl methyl sites for hydroxylation is 1. The van der Waals surface area contributed by atoms with E-state index in [1.54, 1.807) is 30.2 Å². The number of aliphatic hydroxyl groups is 1. The van der Waals surface area contributed by atoms with E-state index in [0.717, 1.165) is 11.3 Å². The Kier molecular flexibility index (Phi) is 5.52. The highest BCUT2D eigenvalue weighted by molar-refractivity contribution is 5.97. The third kappa shape index (κ3) is 4.01. The highest BCUT2D eigenvalue weighted by Crippen LogP contribution is 2.38. The van der Waals surface area contributed by atoms with Gasteiger partial charge in [0.1, 0.15) is 11.4 Å². The molecule has 1 unspecified atom stereocenters. The fourth-order valence-corrected chi connectivity index (χ4v) is 3.88. The molecule has 0 radical (unpaired) electrons. The summed E-state index contributed by atoms with van der Waals surface area (Å²) in [6.07, 6.45) is 5.05. The van der Waals surface area contributed by atoms with Gasteiger partial charge in [0.2, 0.25) is 0 Å². The van der Waals surface area contributed by atoms with Crippen molar-refractivity contribution in [1.29, 1.82) is 0 Å². The van der Waals surface area contributed by atoms with E-state index >= 15 is 0 Å². The lowest BCUT2D eigenvalue weighted by Gasteiger charge is -2.30. The summed E-state index contributed by atoms with van der Waals surface area (Å²) in [5.41, 5.74) is 1.99. The minimum absolute atomic E-state index is 0.0508. The average molecular weight is 467 g/mol. The molecule has 10 heteroatoms. The lowest BCUT2D eigenvalue weighted by atomic mass is 9.92. The van der Waals surface area contributed by atoms with Crippen LogP contribution in [-0.2, 0) is 18.2 Å². The maximum Gasteiger partial charge on any atom is 0.198 e. The smallest absolute Gasteiger partial charge is 0.198 e. The molecule has 0 fully saturated rings. The Bertz CT molecular complexity index is 1370. The Morgan fingerprint density at radius 3 is 2.68 bits per heavy atom. The molecular weight excluding hydrogens is 444 g/mol. The van der Waals surface area contributed by atoms with Crippen LogP contribution in [-0.4, -0.2) is 50.5 Å². The molecule has 0 spiro atoms. The van der Waals surface area contributed by atoms with E-state index in [-0.39, 0.29) is 18.8 Å². The standard InChI is InChI=1S/C24H23F2N5O3/c1-24(12-32)11-29-20(33-13-24)9-14-7-16(25)22(17(26)8-14)34-19-4-5-27-23-21(19)15(10-28-23)18-3-6-30-31(18)2/h3-8,10,32H,9,11-13H2,1-2H3,(H,27,28). The van der Waals surface area contributed by atoms with Gasteiger partial charge in [0, 0.05) is 43.0 Å². The van der Waals surface area contributed by atoms with Crippen molar-refractivity contribution < 1.29 is 23.4 Å². The molecule has 0 saturated heterocycles. The SMILES string of the molecule is Cn1nccc1-c1c[nH]c2nccc(Oc3c(F)cc(CC4=NCC(C)(CO)CO4)cc3F)c12. The van der Waals surface area contributed by atoms with E-state index < -0.39 is 22.8 Å². The highest BCUT2D eigenvalue weighted by Gasteiger charge is 2.29. The number of nitrogens with zero attached hydrogens (tertiary/aromatic N) is 4. The van der Waals surface area contributed by atoms with E-state index in [4.69, 9.17) is 9.47 Å². The third-order valence-corrected chi connectivity index (χ3v) is 5.86. The highest BCUT2D eigenvalue weighted by atomic mass is 19.1. The molecule has 4 aromatic rings. The first-order valence-corrected chi connectivity index (χ1v) is 10.7. The Morgan fingerprint density at radius 2 is 2.03 bits per heavy atom. The molecule has 8 nitrogen and oxygen atoms in total. The first-order valence-electron chi connectivity index (χ1n) is 10.7. The molecule has 0 bridgehead atoms. The van der Waals surface area contributed by atoms with Gasteiger partial charge in [0.05, 0.1) is 30.8 Å². The molecule has 1 aliphatic rings. The molecule has 1 aromatic carbocycles. The second kappa shape index (κ2) is 8.53. The summed E-state index contributed by atoms with van der Waals surface area (Å²) in [4.78, 5) is 11.7. The Labute approximate surface area is 193 Å². The molecule has 176 valence electrons. The van der Waals surface area contributed by atoms with E-state index in [1.807, 2.05) is 13.0 Å². The minimum atomic E-state index is -0.839. The Hall–Kier alpha value is -3.79. The first kappa shape index (κ1) is 22.0. The van der Waals surface area contributed by atoms with Gasteiger partial charge in [0.25, 0.3) is 0 Å². The quantitative estimate of drug-likeness (QED) is 0.447. The summed E-state index contributed by atoms with van der Waals surface area (Å²) >= 11 is 0. The second-order valence-electron chi connectivity index (χ2n) is 8.71. The molecular formula is C24H23F2N5O3. The molecule has 34 heavy (non-hydrogen) atoms. The topological polar surface area (TPSA) is 97.6 Å². The largest absolute Gasteiger partial charge is 0.480 e. The summed E-state index contributed by atoms with van der Waals surface area (Å²) in [7, 11) is 1.80. The lowest BCUT2D eigenvalue weighted by Crippen LogP contribution is -2.36. The number of H-pyrrole nitrogens is 1. The molecule has 0 aliphatic carbocycles.